The van der Waals surface area contributed by atoms with Crippen LogP contribution in [-0.2, 0) is 11.2 Å². The number of likely N-dealkylation sites (tertiary alicyclic amines) is 1. The third-order valence-corrected chi connectivity index (χ3v) is 4.37. The first-order valence-corrected chi connectivity index (χ1v) is 9.21. The molecular weight excluding hydrogens is 441 g/mol. The Labute approximate surface area is 174 Å². The van der Waals surface area contributed by atoms with E-state index in [9.17, 15) is 4.79 Å². The SMILES string of the molecule is CN=C(NCCc1ccc(NC(C)=O)cc1)NCCN1CCCCC1.I. The maximum Gasteiger partial charge on any atom is 0.221 e. The van der Waals surface area contributed by atoms with Gasteiger partial charge in [-0.05, 0) is 50.0 Å². The van der Waals surface area contributed by atoms with Crippen LogP contribution in [0.25, 0.3) is 0 Å². The van der Waals surface area contributed by atoms with Gasteiger partial charge in [0, 0.05) is 39.3 Å². The summed E-state index contributed by atoms with van der Waals surface area (Å²) in [5, 5.41) is 9.51. The molecule has 1 heterocycles. The molecule has 0 radical (unpaired) electrons. The third kappa shape index (κ3) is 8.84. The highest BCUT2D eigenvalue weighted by molar-refractivity contribution is 14.0. The van der Waals surface area contributed by atoms with Crippen molar-refractivity contribution in [2.45, 2.75) is 32.6 Å². The molecule has 1 aromatic carbocycles. The number of benzene rings is 1. The molecule has 0 saturated carbocycles. The highest BCUT2D eigenvalue weighted by atomic mass is 127. The summed E-state index contributed by atoms with van der Waals surface area (Å²) >= 11 is 0. The van der Waals surface area contributed by atoms with Crippen LogP contribution in [0.15, 0.2) is 29.3 Å². The van der Waals surface area contributed by atoms with Gasteiger partial charge in [-0.1, -0.05) is 18.6 Å². The van der Waals surface area contributed by atoms with E-state index in [0.29, 0.717) is 0 Å². The molecule has 0 spiro atoms. The number of rotatable bonds is 7. The molecule has 1 fully saturated rings. The molecule has 0 aromatic heterocycles. The van der Waals surface area contributed by atoms with E-state index >= 15 is 0 Å². The number of piperidine rings is 1. The molecule has 1 aliphatic heterocycles. The van der Waals surface area contributed by atoms with Crippen LogP contribution in [0.5, 0.6) is 0 Å². The van der Waals surface area contributed by atoms with Gasteiger partial charge in [0.1, 0.15) is 0 Å². The number of nitrogens with one attached hydrogen (secondary N) is 3. The van der Waals surface area contributed by atoms with Crippen molar-refractivity contribution in [2.24, 2.45) is 4.99 Å². The molecule has 7 heteroatoms. The zero-order valence-corrected chi connectivity index (χ0v) is 18.2. The van der Waals surface area contributed by atoms with E-state index < -0.39 is 0 Å². The first-order valence-electron chi connectivity index (χ1n) is 9.21. The Hall–Kier alpha value is -1.35. The number of aliphatic imine (C=N–C) groups is 1. The number of carbonyl (C=O) groups is 1. The van der Waals surface area contributed by atoms with E-state index in [4.69, 9.17) is 0 Å². The van der Waals surface area contributed by atoms with Crippen molar-refractivity contribution in [1.29, 1.82) is 0 Å². The molecule has 0 aliphatic carbocycles. The molecule has 0 bridgehead atoms. The summed E-state index contributed by atoms with van der Waals surface area (Å²) < 4.78 is 0. The van der Waals surface area contributed by atoms with Crippen molar-refractivity contribution >= 4 is 41.5 Å². The number of carbonyl (C=O) groups excluding carboxylic acids is 1. The van der Waals surface area contributed by atoms with E-state index in [1.54, 1.807) is 7.05 Å². The summed E-state index contributed by atoms with van der Waals surface area (Å²) in [5.41, 5.74) is 2.06. The number of anilines is 1. The fourth-order valence-electron chi connectivity index (χ4n) is 3.02. The quantitative estimate of drug-likeness (QED) is 0.324. The molecule has 1 aromatic rings. The van der Waals surface area contributed by atoms with Gasteiger partial charge in [0.05, 0.1) is 0 Å². The molecule has 6 nitrogen and oxygen atoms in total. The second-order valence-corrected chi connectivity index (χ2v) is 6.46. The fraction of sp³-hybridized carbons (Fsp3) is 0.579. The molecule has 26 heavy (non-hydrogen) atoms. The lowest BCUT2D eigenvalue weighted by atomic mass is 10.1. The monoisotopic (exact) mass is 473 g/mol. The molecule has 0 atom stereocenters. The number of hydrogen-bond acceptors (Lipinski definition) is 3. The fourth-order valence-corrected chi connectivity index (χ4v) is 3.02. The number of guanidine groups is 1. The lowest BCUT2D eigenvalue weighted by Crippen LogP contribution is -2.43. The first-order chi connectivity index (χ1) is 12.2. The second kappa shape index (κ2) is 12.9. The van der Waals surface area contributed by atoms with Crippen molar-refractivity contribution in [3.63, 3.8) is 0 Å². The van der Waals surface area contributed by atoms with Gasteiger partial charge in [-0.15, -0.1) is 24.0 Å². The Balaban J connectivity index is 0.00000338. The van der Waals surface area contributed by atoms with Crippen LogP contribution in [0.4, 0.5) is 5.69 Å². The van der Waals surface area contributed by atoms with Gasteiger partial charge < -0.3 is 20.9 Å². The van der Waals surface area contributed by atoms with E-state index in [-0.39, 0.29) is 29.9 Å². The van der Waals surface area contributed by atoms with E-state index in [1.165, 1.54) is 44.8 Å². The molecular formula is C19H32IN5O. The van der Waals surface area contributed by atoms with Gasteiger partial charge in [0.25, 0.3) is 0 Å². The van der Waals surface area contributed by atoms with Crippen LogP contribution in [0.3, 0.4) is 0 Å². The van der Waals surface area contributed by atoms with Gasteiger partial charge >= 0.3 is 0 Å². The first kappa shape index (κ1) is 22.7. The molecule has 146 valence electrons. The van der Waals surface area contributed by atoms with Gasteiger partial charge in [-0.2, -0.15) is 0 Å². The summed E-state index contributed by atoms with van der Waals surface area (Å²) in [5.74, 6) is 0.806. The van der Waals surface area contributed by atoms with E-state index in [1.807, 2.05) is 24.3 Å². The van der Waals surface area contributed by atoms with Gasteiger partial charge in [-0.3, -0.25) is 9.79 Å². The molecule has 2 rings (SSSR count). The van der Waals surface area contributed by atoms with Gasteiger partial charge in [0.2, 0.25) is 5.91 Å². The average Bonchev–Trinajstić information content (AvgIpc) is 2.62. The summed E-state index contributed by atoms with van der Waals surface area (Å²) in [4.78, 5) is 17.8. The molecule has 1 amide bonds. The lowest BCUT2D eigenvalue weighted by molar-refractivity contribution is -0.114. The van der Waals surface area contributed by atoms with E-state index in [0.717, 1.165) is 37.7 Å². The molecule has 0 unspecified atom stereocenters. The minimum absolute atomic E-state index is 0. The summed E-state index contributed by atoms with van der Waals surface area (Å²) in [6.07, 6.45) is 4.94. The maximum atomic E-state index is 11.0. The third-order valence-electron chi connectivity index (χ3n) is 4.37. The number of hydrogen-bond donors (Lipinski definition) is 3. The topological polar surface area (TPSA) is 68.8 Å². The Bertz CT molecular complexity index is 556. The summed E-state index contributed by atoms with van der Waals surface area (Å²) in [7, 11) is 1.80. The highest BCUT2D eigenvalue weighted by Crippen LogP contribution is 2.09. The normalized spacial score (nSPS) is 15.1. The Kier molecular flexibility index (Phi) is 11.3. The van der Waals surface area contributed by atoms with Crippen LogP contribution in [-0.4, -0.2) is 56.5 Å². The number of halogens is 1. The number of nitrogens with zero attached hydrogens (tertiary/aromatic N) is 2. The molecule has 3 N–H and O–H groups in total. The number of amides is 1. The largest absolute Gasteiger partial charge is 0.356 e. The van der Waals surface area contributed by atoms with Crippen molar-refractivity contribution in [1.82, 2.24) is 15.5 Å². The van der Waals surface area contributed by atoms with Crippen LogP contribution in [0.1, 0.15) is 31.7 Å². The molecule has 1 saturated heterocycles. The second-order valence-electron chi connectivity index (χ2n) is 6.46. The minimum atomic E-state index is -0.0474. The van der Waals surface area contributed by atoms with E-state index in [2.05, 4.69) is 25.8 Å². The van der Waals surface area contributed by atoms with Crippen molar-refractivity contribution in [2.75, 3.05) is 45.1 Å². The highest BCUT2D eigenvalue weighted by Gasteiger charge is 2.09. The predicted octanol–water partition coefficient (Wildman–Crippen LogP) is 2.46. The van der Waals surface area contributed by atoms with Crippen molar-refractivity contribution in [3.05, 3.63) is 29.8 Å². The van der Waals surface area contributed by atoms with Crippen LogP contribution in [0, 0.1) is 0 Å². The smallest absolute Gasteiger partial charge is 0.221 e. The zero-order chi connectivity index (χ0) is 17.9. The van der Waals surface area contributed by atoms with Crippen LogP contribution < -0.4 is 16.0 Å². The Morgan fingerprint density at radius 3 is 2.35 bits per heavy atom. The Morgan fingerprint density at radius 2 is 1.73 bits per heavy atom. The standard InChI is InChI=1S/C19H31N5O.HI/c1-16(25)23-18-8-6-17(7-9-18)10-11-21-19(20-2)22-12-15-24-13-4-3-5-14-24;/h6-9H,3-5,10-15H2,1-2H3,(H,23,25)(H2,20,21,22);1H. The minimum Gasteiger partial charge on any atom is -0.356 e. The predicted molar refractivity (Wildman–Crippen MR) is 120 cm³/mol. The Morgan fingerprint density at radius 1 is 1.08 bits per heavy atom. The molecule has 1 aliphatic rings. The summed E-state index contributed by atoms with van der Waals surface area (Å²) in [6.45, 7) is 6.78. The van der Waals surface area contributed by atoms with Crippen molar-refractivity contribution in [3.8, 4) is 0 Å². The maximum absolute atomic E-state index is 11.0. The zero-order valence-electron chi connectivity index (χ0n) is 15.9. The average molecular weight is 473 g/mol. The van der Waals surface area contributed by atoms with Gasteiger partial charge in [-0.25, -0.2) is 0 Å². The summed E-state index contributed by atoms with van der Waals surface area (Å²) in [6, 6.07) is 7.95. The van der Waals surface area contributed by atoms with Gasteiger partial charge in [0.15, 0.2) is 5.96 Å². The van der Waals surface area contributed by atoms with Crippen LogP contribution in [0.2, 0.25) is 0 Å². The van der Waals surface area contributed by atoms with Crippen LogP contribution >= 0.6 is 24.0 Å². The lowest BCUT2D eigenvalue weighted by Gasteiger charge is -2.26. The van der Waals surface area contributed by atoms with Crippen molar-refractivity contribution < 1.29 is 4.79 Å².